The molecule has 2 saturated heterocycles. The molecule has 1 amide bonds. The summed E-state index contributed by atoms with van der Waals surface area (Å²) in [7, 11) is 0. The number of ketones is 1. The molecule has 6 heteroatoms. The number of anilines is 1. The predicted octanol–water partition coefficient (Wildman–Crippen LogP) is 0.565. The monoisotopic (exact) mass is 304 g/mol. The fraction of sp³-hybridized carbons (Fsp3) is 0.500. The zero-order chi connectivity index (χ0) is 15.4. The number of hydrogen-bond donors (Lipinski definition) is 0. The highest BCUT2D eigenvalue weighted by Gasteiger charge is 2.28. The van der Waals surface area contributed by atoms with Gasteiger partial charge < -0.3 is 19.3 Å². The molecule has 2 aliphatic rings. The SMILES string of the molecule is O=C(C(=O)N1CCOCC1)c1ccccc1N1CCOCC1. The van der Waals surface area contributed by atoms with Crippen molar-refractivity contribution in [2.24, 2.45) is 0 Å². The molecule has 0 bridgehead atoms. The topological polar surface area (TPSA) is 59.1 Å². The number of nitrogens with zero attached hydrogens (tertiary/aromatic N) is 2. The summed E-state index contributed by atoms with van der Waals surface area (Å²) >= 11 is 0. The zero-order valence-corrected chi connectivity index (χ0v) is 12.5. The number of amides is 1. The fourth-order valence-electron chi connectivity index (χ4n) is 2.77. The van der Waals surface area contributed by atoms with E-state index in [2.05, 4.69) is 4.90 Å². The molecule has 2 fully saturated rings. The molecule has 1 aromatic carbocycles. The summed E-state index contributed by atoms with van der Waals surface area (Å²) in [6, 6.07) is 7.31. The van der Waals surface area contributed by atoms with Crippen LogP contribution in [0.2, 0.25) is 0 Å². The van der Waals surface area contributed by atoms with Gasteiger partial charge in [-0.15, -0.1) is 0 Å². The molecule has 2 aliphatic heterocycles. The largest absolute Gasteiger partial charge is 0.378 e. The Bertz CT molecular complexity index is 549. The van der Waals surface area contributed by atoms with Crippen LogP contribution in [0.5, 0.6) is 0 Å². The van der Waals surface area contributed by atoms with Crippen LogP contribution in [0.4, 0.5) is 5.69 Å². The Kier molecular flexibility index (Phi) is 4.70. The van der Waals surface area contributed by atoms with Crippen LogP contribution in [0.3, 0.4) is 0 Å². The first kappa shape index (κ1) is 15.0. The van der Waals surface area contributed by atoms with Gasteiger partial charge in [-0.3, -0.25) is 9.59 Å². The normalized spacial score (nSPS) is 19.1. The minimum Gasteiger partial charge on any atom is -0.378 e. The Morgan fingerprint density at radius 1 is 0.864 bits per heavy atom. The van der Waals surface area contributed by atoms with Gasteiger partial charge in [0.05, 0.1) is 32.0 Å². The first-order valence-corrected chi connectivity index (χ1v) is 7.60. The second kappa shape index (κ2) is 6.89. The maximum Gasteiger partial charge on any atom is 0.295 e. The van der Waals surface area contributed by atoms with E-state index in [1.807, 2.05) is 12.1 Å². The van der Waals surface area contributed by atoms with Gasteiger partial charge in [-0.05, 0) is 12.1 Å². The van der Waals surface area contributed by atoms with Gasteiger partial charge in [-0.1, -0.05) is 12.1 Å². The third-order valence-corrected chi connectivity index (χ3v) is 3.99. The molecule has 0 saturated carbocycles. The molecule has 6 nitrogen and oxygen atoms in total. The Morgan fingerprint density at radius 2 is 1.45 bits per heavy atom. The van der Waals surface area contributed by atoms with Crippen LogP contribution in [-0.2, 0) is 14.3 Å². The minimum atomic E-state index is -0.441. The molecular weight excluding hydrogens is 284 g/mol. The lowest BCUT2D eigenvalue weighted by atomic mass is 10.1. The summed E-state index contributed by atoms with van der Waals surface area (Å²) in [5.74, 6) is -0.881. The summed E-state index contributed by atoms with van der Waals surface area (Å²) in [6.07, 6.45) is 0. The molecule has 0 unspecified atom stereocenters. The van der Waals surface area contributed by atoms with Crippen LogP contribution in [0.25, 0.3) is 0 Å². The van der Waals surface area contributed by atoms with E-state index in [-0.39, 0.29) is 0 Å². The number of rotatable bonds is 3. The van der Waals surface area contributed by atoms with E-state index >= 15 is 0 Å². The summed E-state index contributed by atoms with van der Waals surface area (Å²) in [5.41, 5.74) is 1.29. The van der Waals surface area contributed by atoms with Crippen LogP contribution in [-0.4, -0.2) is 69.2 Å². The van der Waals surface area contributed by atoms with Gasteiger partial charge in [-0.25, -0.2) is 0 Å². The number of benzene rings is 1. The van der Waals surface area contributed by atoms with Crippen molar-refractivity contribution < 1.29 is 19.1 Å². The van der Waals surface area contributed by atoms with E-state index in [9.17, 15) is 9.59 Å². The predicted molar refractivity (Wildman–Crippen MR) is 81.2 cm³/mol. The van der Waals surface area contributed by atoms with Gasteiger partial charge in [0.2, 0.25) is 0 Å². The van der Waals surface area contributed by atoms with Crippen molar-refractivity contribution in [1.82, 2.24) is 4.90 Å². The first-order chi connectivity index (χ1) is 10.8. The average Bonchev–Trinajstić information content (AvgIpc) is 2.62. The van der Waals surface area contributed by atoms with Crippen LogP contribution < -0.4 is 4.90 Å². The number of ether oxygens (including phenoxy) is 2. The molecule has 0 aliphatic carbocycles. The fourth-order valence-corrected chi connectivity index (χ4v) is 2.77. The van der Waals surface area contributed by atoms with Crippen molar-refractivity contribution >= 4 is 17.4 Å². The van der Waals surface area contributed by atoms with Gasteiger partial charge in [0, 0.05) is 31.9 Å². The van der Waals surface area contributed by atoms with Gasteiger partial charge in [-0.2, -0.15) is 0 Å². The third-order valence-electron chi connectivity index (χ3n) is 3.99. The quantitative estimate of drug-likeness (QED) is 0.603. The Balaban J connectivity index is 1.81. The van der Waals surface area contributed by atoms with E-state index in [0.717, 1.165) is 18.8 Å². The van der Waals surface area contributed by atoms with E-state index in [0.29, 0.717) is 45.1 Å². The standard InChI is InChI=1S/C16H20N2O4/c19-15(16(20)18-7-11-22-12-8-18)13-3-1-2-4-14(13)17-5-9-21-10-6-17/h1-4H,5-12H2. The van der Waals surface area contributed by atoms with Crippen LogP contribution in [0.15, 0.2) is 24.3 Å². The molecule has 2 heterocycles. The third kappa shape index (κ3) is 3.13. The molecule has 0 radical (unpaired) electrons. The van der Waals surface area contributed by atoms with Crippen molar-refractivity contribution in [1.29, 1.82) is 0 Å². The van der Waals surface area contributed by atoms with Crippen molar-refractivity contribution in [2.75, 3.05) is 57.5 Å². The second-order valence-corrected chi connectivity index (χ2v) is 5.35. The number of morpholine rings is 2. The average molecular weight is 304 g/mol. The van der Waals surface area contributed by atoms with Gasteiger partial charge >= 0.3 is 0 Å². The minimum absolute atomic E-state index is 0.441. The molecule has 0 aromatic heterocycles. The highest BCUT2D eigenvalue weighted by atomic mass is 16.5. The summed E-state index contributed by atoms with van der Waals surface area (Å²) in [4.78, 5) is 28.7. The molecule has 22 heavy (non-hydrogen) atoms. The zero-order valence-electron chi connectivity index (χ0n) is 12.5. The lowest BCUT2D eigenvalue weighted by Gasteiger charge is -2.31. The lowest BCUT2D eigenvalue weighted by molar-refractivity contribution is -0.130. The number of carbonyl (C=O) groups is 2. The van der Waals surface area contributed by atoms with Crippen molar-refractivity contribution in [3.8, 4) is 0 Å². The van der Waals surface area contributed by atoms with Crippen molar-refractivity contribution in [3.05, 3.63) is 29.8 Å². The number of carbonyl (C=O) groups excluding carboxylic acids is 2. The molecule has 0 N–H and O–H groups in total. The highest BCUT2D eigenvalue weighted by molar-refractivity contribution is 6.43. The van der Waals surface area contributed by atoms with Gasteiger partial charge in [0.1, 0.15) is 0 Å². The number of Topliss-reactive ketones (excluding diaryl/α,β-unsaturated/α-hetero) is 1. The smallest absolute Gasteiger partial charge is 0.295 e. The Labute approximate surface area is 129 Å². The van der Waals surface area contributed by atoms with E-state index in [1.165, 1.54) is 0 Å². The molecule has 118 valence electrons. The van der Waals surface area contributed by atoms with Crippen molar-refractivity contribution in [2.45, 2.75) is 0 Å². The highest BCUT2D eigenvalue weighted by Crippen LogP contribution is 2.22. The Hall–Kier alpha value is -1.92. The van der Waals surface area contributed by atoms with Crippen LogP contribution in [0.1, 0.15) is 10.4 Å². The van der Waals surface area contributed by atoms with Gasteiger partial charge in [0.25, 0.3) is 11.7 Å². The number of hydrogen-bond acceptors (Lipinski definition) is 5. The first-order valence-electron chi connectivity index (χ1n) is 7.60. The van der Waals surface area contributed by atoms with E-state index in [1.54, 1.807) is 17.0 Å². The molecule has 1 aromatic rings. The molecule has 0 atom stereocenters. The Morgan fingerprint density at radius 3 is 2.14 bits per heavy atom. The van der Waals surface area contributed by atoms with Gasteiger partial charge in [0.15, 0.2) is 0 Å². The lowest BCUT2D eigenvalue weighted by Crippen LogP contribution is -2.44. The van der Waals surface area contributed by atoms with Crippen LogP contribution in [0, 0.1) is 0 Å². The maximum absolute atomic E-state index is 12.6. The van der Waals surface area contributed by atoms with E-state index in [4.69, 9.17) is 9.47 Å². The molecule has 3 rings (SSSR count). The second-order valence-electron chi connectivity index (χ2n) is 5.35. The summed E-state index contributed by atoms with van der Waals surface area (Å²) in [5, 5.41) is 0. The van der Waals surface area contributed by atoms with Crippen LogP contribution >= 0.6 is 0 Å². The molecule has 0 spiro atoms. The van der Waals surface area contributed by atoms with Crippen molar-refractivity contribution in [3.63, 3.8) is 0 Å². The van der Waals surface area contributed by atoms with E-state index < -0.39 is 11.7 Å². The molecular formula is C16H20N2O4. The number of para-hydroxylation sites is 1. The maximum atomic E-state index is 12.6. The summed E-state index contributed by atoms with van der Waals surface area (Å²) in [6.45, 7) is 4.68. The summed E-state index contributed by atoms with van der Waals surface area (Å²) < 4.78 is 10.6.